The molecule has 0 radical (unpaired) electrons. The van der Waals surface area contributed by atoms with Gasteiger partial charge in [0.2, 0.25) is 0 Å². The van der Waals surface area contributed by atoms with Gasteiger partial charge in [-0.2, -0.15) is 0 Å². The molecule has 19 heavy (non-hydrogen) atoms. The number of halogens is 4. The Morgan fingerprint density at radius 3 is 1.21 bits per heavy atom. The van der Waals surface area contributed by atoms with Gasteiger partial charge in [-0.3, -0.25) is 0 Å². The monoisotopic (exact) mass is 294 g/mol. The van der Waals surface area contributed by atoms with E-state index in [1.165, 1.54) is 36.4 Å². The van der Waals surface area contributed by atoms with Crippen molar-refractivity contribution in [3.05, 3.63) is 61.2 Å². The predicted octanol–water partition coefficient (Wildman–Crippen LogP) is 1.03. The van der Waals surface area contributed by atoms with Crippen LogP contribution in [0.4, 0.5) is 16.4 Å². The number of aromatic nitrogens is 2. The van der Waals surface area contributed by atoms with Crippen LogP contribution in [0, 0.1) is 0 Å². The first-order valence-electron chi connectivity index (χ1n) is 5.23. The Bertz CT molecular complexity index is 528. The van der Waals surface area contributed by atoms with Crippen LogP contribution in [0.25, 0.3) is 0 Å². The topological polar surface area (TPSA) is 26.2 Å². The molecule has 4 nitrogen and oxygen atoms in total. The molecule has 2 heterocycles. The fraction of sp³-hybridized carbons (Fsp3) is 0. The van der Waals surface area contributed by atoms with E-state index in [1.807, 2.05) is 0 Å². The second-order valence-electron chi connectivity index (χ2n) is 3.78. The zero-order chi connectivity index (χ0) is 14.0. The standard InChI is InChI=1S/C10H10F4N2O2Si/c11-19(12,13,14,17-15-7-3-1-4-8-15)18-16-9-5-2-6-10-16/h1-10H. The molecule has 0 bridgehead atoms. The molecule has 0 aliphatic rings. The maximum atomic E-state index is 13.5. The Labute approximate surface area is 105 Å². The Balaban J connectivity index is 2.31. The van der Waals surface area contributed by atoms with Gasteiger partial charge < -0.3 is 0 Å². The summed E-state index contributed by atoms with van der Waals surface area (Å²) in [6, 6.07) is 7.96. The van der Waals surface area contributed by atoms with Crippen LogP contribution in [0.3, 0.4) is 0 Å². The summed E-state index contributed by atoms with van der Waals surface area (Å²) in [7, 11) is -9.65. The summed E-state index contributed by atoms with van der Waals surface area (Å²) in [4.78, 5) is 0. The molecule has 0 aliphatic heterocycles. The summed E-state index contributed by atoms with van der Waals surface area (Å²) in [5.41, 5.74) is 0. The number of hydrogen-bond acceptors (Lipinski definition) is 2. The van der Waals surface area contributed by atoms with Gasteiger partial charge in [0.1, 0.15) is 0 Å². The SMILES string of the molecule is F[Si-2](F)(F)(F)(O[n+]1ccccc1)O[n+]1ccccc1. The Hall–Kier alpha value is -2.16. The summed E-state index contributed by atoms with van der Waals surface area (Å²) in [5.74, 6) is 0. The van der Waals surface area contributed by atoms with Crippen molar-refractivity contribution in [2.45, 2.75) is 0 Å². The third-order valence-electron chi connectivity index (χ3n) is 1.94. The molecule has 0 unspecified atom stereocenters. The molecule has 2 aromatic heterocycles. The molecular weight excluding hydrogens is 284 g/mol. The molecule has 0 spiro atoms. The summed E-state index contributed by atoms with van der Waals surface area (Å²) < 4.78 is 61.5. The van der Waals surface area contributed by atoms with E-state index in [0.29, 0.717) is 0 Å². The molecule has 0 saturated heterocycles. The molecule has 0 saturated carbocycles. The van der Waals surface area contributed by atoms with E-state index in [2.05, 4.69) is 9.05 Å². The molecule has 0 aliphatic carbocycles. The summed E-state index contributed by atoms with van der Waals surface area (Å²) in [6.07, 6.45) is 3.64. The number of rotatable bonds is 4. The van der Waals surface area contributed by atoms with E-state index in [-0.39, 0.29) is 9.46 Å². The van der Waals surface area contributed by atoms with Crippen LogP contribution in [-0.4, -0.2) is 8.45 Å². The fourth-order valence-electron chi connectivity index (χ4n) is 1.31. The van der Waals surface area contributed by atoms with E-state index in [9.17, 15) is 16.4 Å². The van der Waals surface area contributed by atoms with Crippen LogP contribution in [0.1, 0.15) is 0 Å². The van der Waals surface area contributed by atoms with Gasteiger partial charge in [-0.05, 0) is 0 Å². The third-order valence-corrected chi connectivity index (χ3v) is 3.06. The second-order valence-corrected chi connectivity index (χ2v) is 6.41. The fourth-order valence-corrected chi connectivity index (χ4v) is 2.40. The van der Waals surface area contributed by atoms with Crippen LogP contribution in [-0.2, 0) is 0 Å². The number of pyridine rings is 2. The van der Waals surface area contributed by atoms with Crippen LogP contribution in [0.15, 0.2) is 61.2 Å². The number of nitrogens with zero attached hydrogens (tertiary/aromatic N) is 2. The molecule has 0 N–H and O–H groups in total. The van der Waals surface area contributed by atoms with Crippen LogP contribution in [0.5, 0.6) is 0 Å². The van der Waals surface area contributed by atoms with Crippen LogP contribution < -0.4 is 18.5 Å². The second kappa shape index (κ2) is 3.67. The van der Waals surface area contributed by atoms with Crippen LogP contribution in [0.2, 0.25) is 0 Å². The minimum atomic E-state index is -9.65. The van der Waals surface area contributed by atoms with Crippen molar-refractivity contribution in [3.63, 3.8) is 0 Å². The molecule has 0 atom stereocenters. The molecule has 2 aromatic rings. The molecule has 2 rings (SSSR count). The molecule has 0 amide bonds. The van der Waals surface area contributed by atoms with Crippen molar-refractivity contribution >= 4 is 8.45 Å². The van der Waals surface area contributed by atoms with Crippen molar-refractivity contribution in [3.8, 4) is 0 Å². The molecule has 0 fully saturated rings. The average Bonchev–Trinajstić information content (AvgIpc) is 2.28. The zero-order valence-corrected chi connectivity index (χ0v) is 10.5. The Morgan fingerprint density at radius 1 is 0.579 bits per heavy atom. The van der Waals surface area contributed by atoms with Crippen molar-refractivity contribution in [2.75, 3.05) is 0 Å². The van der Waals surface area contributed by atoms with Gasteiger partial charge in [-0.1, -0.05) is 0 Å². The van der Waals surface area contributed by atoms with Crippen molar-refractivity contribution < 1.29 is 34.9 Å². The molecule has 104 valence electrons. The number of hydrogen-bond donors (Lipinski definition) is 0. The zero-order valence-electron chi connectivity index (χ0n) is 9.50. The van der Waals surface area contributed by atoms with Gasteiger partial charge in [0.25, 0.3) is 0 Å². The van der Waals surface area contributed by atoms with E-state index >= 15 is 0 Å². The Kier molecular flexibility index (Phi) is 2.56. The first-order valence-corrected chi connectivity index (χ1v) is 7.56. The Morgan fingerprint density at radius 2 is 0.895 bits per heavy atom. The van der Waals surface area contributed by atoms with E-state index in [0.717, 1.165) is 24.8 Å². The van der Waals surface area contributed by atoms with Gasteiger partial charge >= 0.3 is 105 Å². The van der Waals surface area contributed by atoms with Gasteiger partial charge in [-0.15, -0.1) is 0 Å². The summed E-state index contributed by atoms with van der Waals surface area (Å²) >= 11 is 0. The average molecular weight is 294 g/mol. The van der Waals surface area contributed by atoms with Gasteiger partial charge in [-0.25, -0.2) is 0 Å². The van der Waals surface area contributed by atoms with Crippen LogP contribution >= 0.6 is 0 Å². The maximum absolute atomic E-state index is 13.5. The first-order chi connectivity index (χ1) is 8.66. The normalized spacial score (nSPS) is 15.2. The van der Waals surface area contributed by atoms with E-state index in [4.69, 9.17) is 0 Å². The van der Waals surface area contributed by atoms with E-state index in [1.54, 1.807) is 0 Å². The van der Waals surface area contributed by atoms with Gasteiger partial charge in [0.15, 0.2) is 0 Å². The van der Waals surface area contributed by atoms with Crippen molar-refractivity contribution in [1.82, 2.24) is 0 Å². The minimum absolute atomic E-state index is 0.202. The van der Waals surface area contributed by atoms with Crippen molar-refractivity contribution in [2.24, 2.45) is 0 Å². The summed E-state index contributed by atoms with van der Waals surface area (Å²) in [6.45, 7) is 0. The van der Waals surface area contributed by atoms with Gasteiger partial charge in [0.05, 0.1) is 0 Å². The predicted molar refractivity (Wildman–Crippen MR) is 56.6 cm³/mol. The van der Waals surface area contributed by atoms with Gasteiger partial charge in [0, 0.05) is 0 Å². The third kappa shape index (κ3) is 3.91. The molecular formula is C10H10F4N2O2Si. The first kappa shape index (κ1) is 13.3. The summed E-state index contributed by atoms with van der Waals surface area (Å²) in [5, 5.41) is 0. The molecule has 0 aromatic carbocycles. The van der Waals surface area contributed by atoms with E-state index < -0.39 is 8.45 Å². The van der Waals surface area contributed by atoms with Crippen molar-refractivity contribution in [1.29, 1.82) is 0 Å². The molecule has 9 heteroatoms. The quantitative estimate of drug-likeness (QED) is 0.364.